The van der Waals surface area contributed by atoms with Crippen LogP contribution < -0.4 is 5.32 Å². The quantitative estimate of drug-likeness (QED) is 0.800. The Kier molecular flexibility index (Phi) is 4.97. The Morgan fingerprint density at radius 3 is 2.85 bits per heavy atom. The second kappa shape index (κ2) is 7.55. The van der Waals surface area contributed by atoms with E-state index in [9.17, 15) is 4.79 Å². The van der Waals surface area contributed by atoms with Gasteiger partial charge < -0.3 is 19.7 Å². The molecule has 5 heteroatoms. The molecule has 0 saturated carbocycles. The summed E-state index contributed by atoms with van der Waals surface area (Å²) in [5.74, 6) is 0.596. The lowest BCUT2D eigenvalue weighted by molar-refractivity contribution is -0.110. The molecule has 0 spiro atoms. The molecule has 0 aromatic heterocycles. The molecule has 2 aliphatic rings. The Hall–Kier alpha value is -2.63. The van der Waals surface area contributed by atoms with Crippen molar-refractivity contribution >= 4 is 22.9 Å². The highest BCUT2D eigenvalue weighted by molar-refractivity contribution is 6.36. The number of benzene rings is 2. The molecule has 0 saturated heterocycles. The average molecular weight is 364 g/mol. The van der Waals surface area contributed by atoms with Crippen molar-refractivity contribution in [3.8, 4) is 0 Å². The predicted molar refractivity (Wildman–Crippen MR) is 106 cm³/mol. The summed E-state index contributed by atoms with van der Waals surface area (Å²) in [4.78, 5) is 14.8. The first-order valence-electron chi connectivity index (χ1n) is 9.25. The molecule has 2 heterocycles. The van der Waals surface area contributed by atoms with Crippen LogP contribution in [0.4, 0.5) is 5.69 Å². The number of hydrogen-bond donors (Lipinski definition) is 1. The molecule has 0 atom stereocenters. The van der Waals surface area contributed by atoms with Crippen molar-refractivity contribution < 1.29 is 14.3 Å². The molecule has 0 radical (unpaired) electrons. The third-order valence-corrected chi connectivity index (χ3v) is 5.14. The monoisotopic (exact) mass is 364 g/mol. The van der Waals surface area contributed by atoms with E-state index in [0.29, 0.717) is 17.9 Å². The first kappa shape index (κ1) is 17.8. The van der Waals surface area contributed by atoms with E-state index in [1.54, 1.807) is 7.11 Å². The highest BCUT2D eigenvalue weighted by Crippen LogP contribution is 2.41. The van der Waals surface area contributed by atoms with Crippen molar-refractivity contribution in [3.05, 3.63) is 64.7 Å². The Balaban J connectivity index is 1.56. The molecule has 2 aromatic carbocycles. The first-order chi connectivity index (χ1) is 13.2. The number of methoxy groups -OCH3 is 1. The zero-order chi connectivity index (χ0) is 18.8. The van der Waals surface area contributed by atoms with Crippen LogP contribution in [0.3, 0.4) is 0 Å². The fourth-order valence-electron chi connectivity index (χ4n) is 3.60. The van der Waals surface area contributed by atoms with Gasteiger partial charge in [-0.3, -0.25) is 4.79 Å². The van der Waals surface area contributed by atoms with Crippen LogP contribution >= 0.6 is 0 Å². The smallest absolute Gasteiger partial charge is 0.260 e. The number of carbonyl (C=O) groups excluding carboxylic acids is 1. The summed E-state index contributed by atoms with van der Waals surface area (Å²) < 4.78 is 11.1. The minimum Gasteiger partial charge on any atom is -0.487 e. The van der Waals surface area contributed by atoms with Crippen molar-refractivity contribution in [2.45, 2.75) is 13.0 Å². The zero-order valence-corrected chi connectivity index (χ0v) is 15.7. The lowest BCUT2D eigenvalue weighted by atomic mass is 9.98. The van der Waals surface area contributed by atoms with Gasteiger partial charge in [-0.25, -0.2) is 0 Å². The number of nitrogens with one attached hydrogen (secondary N) is 1. The zero-order valence-electron chi connectivity index (χ0n) is 15.7. The maximum atomic E-state index is 12.5. The van der Waals surface area contributed by atoms with E-state index < -0.39 is 0 Å². The Morgan fingerprint density at radius 1 is 1.15 bits per heavy atom. The summed E-state index contributed by atoms with van der Waals surface area (Å²) in [5, 5.41) is 2.92. The van der Waals surface area contributed by atoms with E-state index in [4.69, 9.17) is 9.47 Å². The molecule has 140 valence electrons. The molecular formula is C22H24N2O3. The molecule has 2 aliphatic heterocycles. The lowest BCUT2D eigenvalue weighted by Crippen LogP contribution is -2.25. The van der Waals surface area contributed by atoms with Crippen LogP contribution in [0.15, 0.2) is 42.5 Å². The Bertz CT molecular complexity index is 904. The number of ether oxygens (including phenoxy) is 2. The maximum Gasteiger partial charge on any atom is 0.260 e. The van der Waals surface area contributed by atoms with Gasteiger partial charge in [0.05, 0.1) is 12.2 Å². The molecule has 5 nitrogen and oxygen atoms in total. The van der Waals surface area contributed by atoms with Crippen LogP contribution in [-0.2, 0) is 27.3 Å². The van der Waals surface area contributed by atoms with Gasteiger partial charge in [-0.1, -0.05) is 36.4 Å². The summed E-state index contributed by atoms with van der Waals surface area (Å²) >= 11 is 0. The van der Waals surface area contributed by atoms with Gasteiger partial charge in [-0.15, -0.1) is 0 Å². The summed E-state index contributed by atoms with van der Waals surface area (Å²) in [7, 11) is 3.83. The summed E-state index contributed by atoms with van der Waals surface area (Å²) in [5.41, 5.74) is 5.84. The fourth-order valence-corrected chi connectivity index (χ4v) is 3.60. The van der Waals surface area contributed by atoms with E-state index >= 15 is 0 Å². The van der Waals surface area contributed by atoms with Crippen LogP contribution in [0.1, 0.15) is 22.3 Å². The highest BCUT2D eigenvalue weighted by Gasteiger charge is 2.32. The van der Waals surface area contributed by atoms with Crippen molar-refractivity contribution in [2.24, 2.45) is 0 Å². The van der Waals surface area contributed by atoms with Gasteiger partial charge >= 0.3 is 0 Å². The molecule has 1 amide bonds. The second-order valence-corrected chi connectivity index (χ2v) is 7.03. The van der Waals surface area contributed by atoms with E-state index in [0.717, 1.165) is 48.5 Å². The maximum absolute atomic E-state index is 12.5. The third-order valence-electron chi connectivity index (χ3n) is 5.14. The largest absolute Gasteiger partial charge is 0.487 e. The van der Waals surface area contributed by atoms with Crippen molar-refractivity contribution in [1.82, 2.24) is 4.90 Å². The molecule has 4 rings (SSSR count). The SMILES string of the molecule is COCCN(C)CCc1ccc2c(c1)COC2=C1C(=O)Nc2ccccc21. The number of fused-ring (bicyclic) bond motifs is 2. The second-order valence-electron chi connectivity index (χ2n) is 7.03. The molecule has 0 fully saturated rings. The molecule has 0 unspecified atom stereocenters. The van der Waals surface area contributed by atoms with Gasteiger partial charge in [-0.05, 0) is 25.1 Å². The van der Waals surface area contributed by atoms with Gasteiger partial charge in [0.25, 0.3) is 5.91 Å². The van der Waals surface area contributed by atoms with Gasteiger partial charge in [0.15, 0.2) is 0 Å². The molecule has 1 N–H and O–H groups in total. The number of para-hydroxylation sites is 1. The highest BCUT2D eigenvalue weighted by atomic mass is 16.5. The van der Waals surface area contributed by atoms with Crippen molar-refractivity contribution in [3.63, 3.8) is 0 Å². The first-order valence-corrected chi connectivity index (χ1v) is 9.25. The molecule has 2 aromatic rings. The van der Waals surface area contributed by atoms with E-state index in [1.165, 1.54) is 5.56 Å². The van der Waals surface area contributed by atoms with Gasteiger partial charge in [0, 0.05) is 42.6 Å². The molecular weight excluding hydrogens is 340 g/mol. The van der Waals surface area contributed by atoms with Crippen LogP contribution in [0, 0.1) is 0 Å². The molecule has 0 aliphatic carbocycles. The number of nitrogens with zero attached hydrogens (tertiary/aromatic N) is 1. The lowest BCUT2D eigenvalue weighted by Gasteiger charge is -2.16. The van der Waals surface area contributed by atoms with Crippen LogP contribution in [0.5, 0.6) is 0 Å². The fraction of sp³-hybridized carbons (Fsp3) is 0.318. The van der Waals surface area contributed by atoms with E-state index in [1.807, 2.05) is 24.3 Å². The third kappa shape index (κ3) is 3.48. The van der Waals surface area contributed by atoms with Gasteiger partial charge in [0.1, 0.15) is 12.4 Å². The van der Waals surface area contributed by atoms with Gasteiger partial charge in [-0.2, -0.15) is 0 Å². The minimum atomic E-state index is -0.0945. The van der Waals surface area contributed by atoms with Crippen LogP contribution in [-0.4, -0.2) is 44.7 Å². The summed E-state index contributed by atoms with van der Waals surface area (Å²) in [6, 6.07) is 14.2. The normalized spacial score (nSPS) is 17.7. The number of anilines is 1. The van der Waals surface area contributed by atoms with Gasteiger partial charge in [0.2, 0.25) is 0 Å². The topological polar surface area (TPSA) is 50.8 Å². The van der Waals surface area contributed by atoms with E-state index in [-0.39, 0.29) is 5.91 Å². The number of hydrogen-bond acceptors (Lipinski definition) is 4. The molecule has 27 heavy (non-hydrogen) atoms. The van der Waals surface area contributed by atoms with Crippen molar-refractivity contribution in [2.75, 3.05) is 39.2 Å². The Labute approximate surface area is 159 Å². The van der Waals surface area contributed by atoms with Crippen LogP contribution in [0.2, 0.25) is 0 Å². The van der Waals surface area contributed by atoms with E-state index in [2.05, 4.69) is 35.5 Å². The van der Waals surface area contributed by atoms with Crippen molar-refractivity contribution in [1.29, 1.82) is 0 Å². The minimum absolute atomic E-state index is 0.0945. The van der Waals surface area contributed by atoms with Crippen LogP contribution in [0.25, 0.3) is 11.3 Å². The number of likely N-dealkylation sites (N-methyl/N-ethyl adjacent to an activating group) is 1. The standard InChI is InChI=1S/C22H24N2O3/c1-24(11-12-26-2)10-9-15-7-8-17-16(13-15)14-27-21(17)20-18-5-3-4-6-19(18)23-22(20)25/h3-8,13H,9-12,14H2,1-2H3,(H,23,25). The summed E-state index contributed by atoms with van der Waals surface area (Å²) in [6.07, 6.45) is 0.975. The summed E-state index contributed by atoms with van der Waals surface area (Å²) in [6.45, 7) is 3.16. The Morgan fingerprint density at radius 2 is 2.00 bits per heavy atom. The number of rotatable bonds is 6. The average Bonchev–Trinajstić information content (AvgIpc) is 3.23. The number of amides is 1. The number of carbonyl (C=O) groups is 1. The molecule has 0 bridgehead atoms. The predicted octanol–water partition coefficient (Wildman–Crippen LogP) is 3.16.